The third-order valence-corrected chi connectivity index (χ3v) is 6.94. The fraction of sp³-hybridized carbons (Fsp3) is 0.357. The molecule has 1 aliphatic rings. The summed E-state index contributed by atoms with van der Waals surface area (Å²) in [5.74, 6) is -0.284. The normalized spacial score (nSPS) is 20.3. The molecular formula is C14H16FN3O2S2. The van der Waals surface area contributed by atoms with Gasteiger partial charge in [-0.1, -0.05) is 12.1 Å². The van der Waals surface area contributed by atoms with Crippen LogP contribution in [0.15, 0.2) is 40.7 Å². The Labute approximate surface area is 133 Å². The van der Waals surface area contributed by atoms with Crippen molar-refractivity contribution in [2.24, 2.45) is 0 Å². The molecule has 8 heteroatoms. The van der Waals surface area contributed by atoms with Gasteiger partial charge >= 0.3 is 0 Å². The third kappa shape index (κ3) is 2.73. The molecule has 0 radical (unpaired) electrons. The Balaban J connectivity index is 1.80. The van der Waals surface area contributed by atoms with Crippen molar-refractivity contribution < 1.29 is 12.8 Å². The van der Waals surface area contributed by atoms with Gasteiger partial charge in [-0.15, -0.1) is 0 Å². The lowest BCUT2D eigenvalue weighted by molar-refractivity contribution is 0.306. The molecule has 2 heterocycles. The van der Waals surface area contributed by atoms with Gasteiger partial charge in [0.05, 0.1) is 5.69 Å². The summed E-state index contributed by atoms with van der Waals surface area (Å²) < 4.78 is 44.6. The van der Waals surface area contributed by atoms with E-state index >= 15 is 0 Å². The summed E-state index contributed by atoms with van der Waals surface area (Å²) in [5.41, 5.74) is 0.518. The second kappa shape index (κ2) is 5.94. The number of rotatable bonds is 3. The van der Waals surface area contributed by atoms with Gasteiger partial charge < -0.3 is 4.90 Å². The lowest BCUT2D eigenvalue weighted by Crippen LogP contribution is -2.54. The molecule has 1 atom stereocenters. The molecule has 0 spiro atoms. The Bertz CT molecular complexity index is 749. The molecule has 1 saturated heterocycles. The van der Waals surface area contributed by atoms with Gasteiger partial charge in [0, 0.05) is 31.9 Å². The highest BCUT2D eigenvalue weighted by atomic mass is 32.2. The van der Waals surface area contributed by atoms with Crippen LogP contribution in [-0.2, 0) is 10.0 Å². The average molecular weight is 341 g/mol. The van der Waals surface area contributed by atoms with Crippen molar-refractivity contribution in [1.82, 2.24) is 8.68 Å². The molecule has 118 valence electrons. The first-order chi connectivity index (χ1) is 10.5. The predicted molar refractivity (Wildman–Crippen MR) is 84.1 cm³/mol. The number of nitrogens with zero attached hydrogens (tertiary/aromatic N) is 3. The summed E-state index contributed by atoms with van der Waals surface area (Å²) in [4.78, 5) is 1.89. The van der Waals surface area contributed by atoms with E-state index in [1.807, 2.05) is 11.8 Å². The van der Waals surface area contributed by atoms with Crippen LogP contribution in [0.5, 0.6) is 0 Å². The molecule has 0 amide bonds. The molecule has 1 fully saturated rings. The lowest BCUT2D eigenvalue weighted by atomic mass is 10.2. The van der Waals surface area contributed by atoms with Crippen LogP contribution >= 0.6 is 11.5 Å². The Morgan fingerprint density at radius 3 is 2.68 bits per heavy atom. The fourth-order valence-corrected chi connectivity index (χ4v) is 5.14. The maximum atomic E-state index is 13.9. The van der Waals surface area contributed by atoms with Crippen LogP contribution in [0.25, 0.3) is 0 Å². The SMILES string of the molecule is CC1CN(c2ccccc2F)CCN1S(=O)(=O)c1ccns1. The molecule has 0 bridgehead atoms. The Hall–Kier alpha value is -1.51. The van der Waals surface area contributed by atoms with Crippen LogP contribution in [0.1, 0.15) is 6.92 Å². The summed E-state index contributed by atoms with van der Waals surface area (Å²) >= 11 is 0.972. The minimum atomic E-state index is -3.51. The minimum Gasteiger partial charge on any atom is -0.366 e. The highest BCUT2D eigenvalue weighted by molar-refractivity contribution is 7.91. The summed E-state index contributed by atoms with van der Waals surface area (Å²) in [6.45, 7) is 3.09. The van der Waals surface area contributed by atoms with Crippen LogP contribution in [0.2, 0.25) is 0 Å². The van der Waals surface area contributed by atoms with Crippen molar-refractivity contribution in [2.45, 2.75) is 17.2 Å². The Morgan fingerprint density at radius 1 is 1.27 bits per heavy atom. The molecule has 0 saturated carbocycles. The van der Waals surface area contributed by atoms with Crippen molar-refractivity contribution in [1.29, 1.82) is 0 Å². The average Bonchev–Trinajstić information content (AvgIpc) is 3.02. The van der Waals surface area contributed by atoms with Crippen LogP contribution in [-0.4, -0.2) is 42.8 Å². The van der Waals surface area contributed by atoms with Gasteiger partial charge in [0.15, 0.2) is 4.21 Å². The zero-order chi connectivity index (χ0) is 15.7. The van der Waals surface area contributed by atoms with Crippen molar-refractivity contribution >= 4 is 27.2 Å². The maximum Gasteiger partial charge on any atom is 0.254 e. The monoisotopic (exact) mass is 341 g/mol. The third-order valence-electron chi connectivity index (χ3n) is 3.74. The molecule has 0 aliphatic carbocycles. The van der Waals surface area contributed by atoms with Gasteiger partial charge in [-0.25, -0.2) is 12.8 Å². The molecule has 1 aliphatic heterocycles. The Morgan fingerprint density at radius 2 is 2.05 bits per heavy atom. The van der Waals surface area contributed by atoms with E-state index in [1.165, 1.54) is 22.6 Å². The minimum absolute atomic E-state index is 0.236. The molecule has 1 unspecified atom stereocenters. The van der Waals surface area contributed by atoms with Crippen LogP contribution in [0.3, 0.4) is 0 Å². The van der Waals surface area contributed by atoms with Crippen molar-refractivity contribution in [3.8, 4) is 0 Å². The van der Waals surface area contributed by atoms with E-state index in [0.717, 1.165) is 11.5 Å². The number of sulfonamides is 1. The van der Waals surface area contributed by atoms with Gasteiger partial charge in [0.2, 0.25) is 0 Å². The lowest BCUT2D eigenvalue weighted by Gasteiger charge is -2.39. The number of piperazine rings is 1. The van der Waals surface area contributed by atoms with Gasteiger partial charge in [-0.3, -0.25) is 0 Å². The summed E-state index contributed by atoms with van der Waals surface area (Å²) in [7, 11) is -3.51. The number of aromatic nitrogens is 1. The molecule has 5 nitrogen and oxygen atoms in total. The van der Waals surface area contributed by atoms with E-state index in [-0.39, 0.29) is 16.1 Å². The highest BCUT2D eigenvalue weighted by Gasteiger charge is 2.35. The van der Waals surface area contributed by atoms with E-state index < -0.39 is 10.0 Å². The highest BCUT2D eigenvalue weighted by Crippen LogP contribution is 2.27. The van der Waals surface area contributed by atoms with Crippen molar-refractivity contribution in [3.05, 3.63) is 42.3 Å². The molecule has 22 heavy (non-hydrogen) atoms. The molecule has 3 rings (SSSR count). The second-order valence-electron chi connectivity index (χ2n) is 5.19. The smallest absolute Gasteiger partial charge is 0.254 e. The van der Waals surface area contributed by atoms with E-state index in [0.29, 0.717) is 25.3 Å². The largest absolute Gasteiger partial charge is 0.366 e. The molecule has 0 N–H and O–H groups in total. The van der Waals surface area contributed by atoms with Crippen molar-refractivity contribution in [3.63, 3.8) is 0 Å². The van der Waals surface area contributed by atoms with Crippen LogP contribution < -0.4 is 4.90 Å². The van der Waals surface area contributed by atoms with E-state index in [4.69, 9.17) is 0 Å². The standard InChI is InChI=1S/C14H16FN3O2S2/c1-11-10-17(13-5-3-2-4-12(13)15)8-9-18(11)22(19,20)14-6-7-16-21-14/h2-7,11H,8-10H2,1H3. The number of para-hydroxylation sites is 1. The molecule has 1 aromatic heterocycles. The number of hydrogen-bond donors (Lipinski definition) is 0. The maximum absolute atomic E-state index is 13.9. The zero-order valence-corrected chi connectivity index (χ0v) is 13.6. The van der Waals surface area contributed by atoms with Gasteiger partial charge in [-0.05, 0) is 36.7 Å². The molecule has 1 aromatic carbocycles. The number of benzene rings is 1. The van der Waals surface area contributed by atoms with Gasteiger partial charge in [0.25, 0.3) is 10.0 Å². The predicted octanol–water partition coefficient (Wildman–Crippen LogP) is 2.18. The summed E-state index contributed by atoms with van der Waals surface area (Å²) in [6, 6.07) is 7.84. The molecule has 2 aromatic rings. The van der Waals surface area contributed by atoms with E-state index in [2.05, 4.69) is 4.37 Å². The first-order valence-corrected chi connectivity index (χ1v) is 9.13. The second-order valence-corrected chi connectivity index (χ2v) is 8.14. The number of halogens is 1. The van der Waals surface area contributed by atoms with Crippen LogP contribution in [0, 0.1) is 5.82 Å². The first-order valence-electron chi connectivity index (χ1n) is 6.92. The number of anilines is 1. The van der Waals surface area contributed by atoms with E-state index in [1.54, 1.807) is 18.2 Å². The zero-order valence-electron chi connectivity index (χ0n) is 12.0. The number of hydrogen-bond acceptors (Lipinski definition) is 5. The fourth-order valence-electron chi connectivity index (χ4n) is 2.68. The Kier molecular flexibility index (Phi) is 4.16. The van der Waals surface area contributed by atoms with Crippen molar-refractivity contribution in [2.75, 3.05) is 24.5 Å². The van der Waals surface area contributed by atoms with Crippen LogP contribution in [0.4, 0.5) is 10.1 Å². The van der Waals surface area contributed by atoms with E-state index in [9.17, 15) is 12.8 Å². The van der Waals surface area contributed by atoms with Gasteiger partial charge in [0.1, 0.15) is 5.82 Å². The topological polar surface area (TPSA) is 53.5 Å². The summed E-state index contributed by atoms with van der Waals surface area (Å²) in [5, 5.41) is 0. The summed E-state index contributed by atoms with van der Waals surface area (Å²) in [6.07, 6.45) is 1.48. The quantitative estimate of drug-likeness (QED) is 0.859. The first kappa shape index (κ1) is 15.4. The van der Waals surface area contributed by atoms with Gasteiger partial charge in [-0.2, -0.15) is 8.68 Å². The molecular weight excluding hydrogens is 325 g/mol.